The highest BCUT2D eigenvalue weighted by molar-refractivity contribution is 5.78. The van der Waals surface area contributed by atoms with Gasteiger partial charge in [-0.2, -0.15) is 13.2 Å². The summed E-state index contributed by atoms with van der Waals surface area (Å²) >= 11 is 0. The number of alkyl halides is 3. The number of likely N-dealkylation sites (tertiary alicyclic amines) is 1. The molecule has 0 atom stereocenters. The monoisotopic (exact) mass is 379 g/mol. The summed E-state index contributed by atoms with van der Waals surface area (Å²) in [5.74, 6) is -0.969. The second-order valence-corrected chi connectivity index (χ2v) is 6.69. The molecule has 1 heterocycles. The van der Waals surface area contributed by atoms with E-state index in [9.17, 15) is 23.1 Å². The number of rotatable bonds is 5. The van der Waals surface area contributed by atoms with Gasteiger partial charge in [0.1, 0.15) is 5.75 Å². The molecular weight excluding hydrogens is 359 g/mol. The Balaban J connectivity index is 1.66. The molecule has 0 aliphatic carbocycles. The van der Waals surface area contributed by atoms with Gasteiger partial charge in [0.2, 0.25) is 5.60 Å². The van der Waals surface area contributed by atoms with Crippen LogP contribution in [-0.2, 0) is 17.5 Å². The van der Waals surface area contributed by atoms with E-state index >= 15 is 0 Å². The fraction of sp³-hybridized carbons (Fsp3) is 0.350. The molecule has 0 saturated carbocycles. The molecule has 0 amide bonds. The summed E-state index contributed by atoms with van der Waals surface area (Å²) in [7, 11) is 0. The molecule has 0 spiro atoms. The number of carbonyl (C=O) groups is 1. The van der Waals surface area contributed by atoms with E-state index in [1.807, 2.05) is 30.3 Å². The van der Waals surface area contributed by atoms with Crippen LogP contribution >= 0.6 is 0 Å². The third-order valence-corrected chi connectivity index (χ3v) is 4.80. The summed E-state index contributed by atoms with van der Waals surface area (Å²) in [6.07, 6.45) is -3.92. The standard InChI is InChI=1S/C20H20F3NO3/c21-20(22,23)16-6-8-17(9-7-16)27-19(18(25)26)10-12-24(13-11-19)14-15-4-2-1-3-5-15/h1-9H,10-14H2,(H,25,26). The van der Waals surface area contributed by atoms with Crippen molar-refractivity contribution in [1.29, 1.82) is 0 Å². The predicted molar refractivity (Wildman–Crippen MR) is 93.4 cm³/mol. The minimum absolute atomic E-state index is 0.127. The maximum absolute atomic E-state index is 12.7. The van der Waals surface area contributed by atoms with Crippen molar-refractivity contribution >= 4 is 5.97 Å². The fourth-order valence-electron chi connectivity index (χ4n) is 3.21. The highest BCUT2D eigenvalue weighted by Gasteiger charge is 2.44. The van der Waals surface area contributed by atoms with E-state index < -0.39 is 23.3 Å². The maximum Gasteiger partial charge on any atom is 0.416 e. The van der Waals surface area contributed by atoms with Crippen LogP contribution < -0.4 is 4.74 Å². The van der Waals surface area contributed by atoms with Crippen LogP contribution in [0.1, 0.15) is 24.0 Å². The third kappa shape index (κ3) is 4.60. The fourth-order valence-corrected chi connectivity index (χ4v) is 3.21. The zero-order valence-corrected chi connectivity index (χ0v) is 14.6. The second-order valence-electron chi connectivity index (χ2n) is 6.69. The molecule has 1 aliphatic rings. The Hall–Kier alpha value is -2.54. The Morgan fingerprint density at radius 1 is 1.04 bits per heavy atom. The van der Waals surface area contributed by atoms with Gasteiger partial charge in [0.15, 0.2) is 0 Å². The average Bonchev–Trinajstić information content (AvgIpc) is 2.64. The van der Waals surface area contributed by atoms with Gasteiger partial charge in [-0.25, -0.2) is 4.79 Å². The number of ether oxygens (including phenoxy) is 1. The van der Waals surface area contributed by atoms with E-state index in [1.54, 1.807) is 0 Å². The van der Waals surface area contributed by atoms with Crippen LogP contribution in [-0.4, -0.2) is 34.7 Å². The van der Waals surface area contributed by atoms with Gasteiger partial charge in [0.25, 0.3) is 0 Å². The molecule has 27 heavy (non-hydrogen) atoms. The minimum Gasteiger partial charge on any atom is -0.478 e. The van der Waals surface area contributed by atoms with Crippen molar-refractivity contribution in [3.8, 4) is 5.75 Å². The predicted octanol–water partition coefficient (Wildman–Crippen LogP) is 4.20. The van der Waals surface area contributed by atoms with Gasteiger partial charge in [-0.15, -0.1) is 0 Å². The summed E-state index contributed by atoms with van der Waals surface area (Å²) < 4.78 is 43.7. The minimum atomic E-state index is -4.44. The number of carboxylic acid groups (broad SMARTS) is 1. The summed E-state index contributed by atoms with van der Waals surface area (Å²) in [5.41, 5.74) is -1.08. The Kier molecular flexibility index (Phi) is 5.41. The molecule has 0 radical (unpaired) electrons. The zero-order chi connectivity index (χ0) is 19.5. The molecule has 2 aromatic rings. The van der Waals surface area contributed by atoms with E-state index in [2.05, 4.69) is 4.90 Å². The third-order valence-electron chi connectivity index (χ3n) is 4.80. The lowest BCUT2D eigenvalue weighted by Crippen LogP contribution is -2.53. The van der Waals surface area contributed by atoms with Gasteiger partial charge in [-0.3, -0.25) is 4.90 Å². The zero-order valence-electron chi connectivity index (χ0n) is 14.6. The molecule has 0 aromatic heterocycles. The van der Waals surface area contributed by atoms with E-state index in [0.717, 1.165) is 24.2 Å². The molecule has 3 rings (SSSR count). The van der Waals surface area contributed by atoms with Crippen molar-refractivity contribution in [2.75, 3.05) is 13.1 Å². The quantitative estimate of drug-likeness (QED) is 0.846. The molecule has 2 aromatic carbocycles. The Labute approximate surface area is 155 Å². The SMILES string of the molecule is O=C(O)C1(Oc2ccc(C(F)(F)F)cc2)CCN(Cc2ccccc2)CC1. The second kappa shape index (κ2) is 7.60. The van der Waals surface area contributed by atoms with Crippen molar-refractivity contribution < 1.29 is 27.8 Å². The van der Waals surface area contributed by atoms with Crippen LogP contribution in [0.3, 0.4) is 0 Å². The van der Waals surface area contributed by atoms with Gasteiger partial charge in [-0.05, 0) is 29.8 Å². The molecule has 1 saturated heterocycles. The van der Waals surface area contributed by atoms with Gasteiger partial charge < -0.3 is 9.84 Å². The van der Waals surface area contributed by atoms with Crippen LogP contribution in [0.5, 0.6) is 5.75 Å². The van der Waals surface area contributed by atoms with E-state index in [4.69, 9.17) is 4.74 Å². The van der Waals surface area contributed by atoms with Crippen LogP contribution in [0, 0.1) is 0 Å². The van der Waals surface area contributed by atoms with Crippen molar-refractivity contribution in [2.24, 2.45) is 0 Å². The number of hydrogen-bond donors (Lipinski definition) is 1. The van der Waals surface area contributed by atoms with Crippen molar-refractivity contribution in [3.05, 3.63) is 65.7 Å². The first-order valence-corrected chi connectivity index (χ1v) is 8.64. The lowest BCUT2D eigenvalue weighted by Gasteiger charge is -2.39. The average molecular weight is 379 g/mol. The highest BCUT2D eigenvalue weighted by Crippen LogP contribution is 2.33. The van der Waals surface area contributed by atoms with E-state index in [0.29, 0.717) is 13.1 Å². The molecule has 0 unspecified atom stereocenters. The number of nitrogens with zero attached hydrogens (tertiary/aromatic N) is 1. The topological polar surface area (TPSA) is 49.8 Å². The van der Waals surface area contributed by atoms with Gasteiger partial charge >= 0.3 is 12.1 Å². The summed E-state index contributed by atoms with van der Waals surface area (Å²) in [5, 5.41) is 9.69. The Bertz CT molecular complexity index is 767. The van der Waals surface area contributed by atoms with E-state index in [1.165, 1.54) is 12.1 Å². The largest absolute Gasteiger partial charge is 0.478 e. The first kappa shape index (κ1) is 19.2. The lowest BCUT2D eigenvalue weighted by molar-refractivity contribution is -0.160. The molecular formula is C20H20F3NO3. The summed E-state index contributed by atoms with van der Waals surface area (Å²) in [6, 6.07) is 14.0. The molecule has 7 heteroatoms. The first-order chi connectivity index (χ1) is 12.8. The van der Waals surface area contributed by atoms with Crippen molar-refractivity contribution in [2.45, 2.75) is 31.2 Å². The Morgan fingerprint density at radius 3 is 2.15 bits per heavy atom. The van der Waals surface area contributed by atoms with Crippen LogP contribution in [0.4, 0.5) is 13.2 Å². The van der Waals surface area contributed by atoms with Crippen LogP contribution in [0.25, 0.3) is 0 Å². The number of piperidine rings is 1. The summed E-state index contributed by atoms with van der Waals surface area (Å²) in [4.78, 5) is 14.0. The van der Waals surface area contributed by atoms with Crippen LogP contribution in [0.2, 0.25) is 0 Å². The molecule has 1 aliphatic heterocycles. The first-order valence-electron chi connectivity index (χ1n) is 8.64. The molecule has 144 valence electrons. The molecule has 0 bridgehead atoms. The molecule has 4 nitrogen and oxygen atoms in total. The maximum atomic E-state index is 12.7. The normalized spacial score (nSPS) is 17.4. The molecule has 1 N–H and O–H groups in total. The Morgan fingerprint density at radius 2 is 1.63 bits per heavy atom. The van der Waals surface area contributed by atoms with Gasteiger partial charge in [-0.1, -0.05) is 30.3 Å². The highest BCUT2D eigenvalue weighted by atomic mass is 19.4. The number of carboxylic acids is 1. The van der Waals surface area contributed by atoms with Crippen LogP contribution in [0.15, 0.2) is 54.6 Å². The van der Waals surface area contributed by atoms with Gasteiger partial charge in [0.05, 0.1) is 5.56 Å². The number of halogens is 3. The number of aliphatic carboxylic acids is 1. The smallest absolute Gasteiger partial charge is 0.416 e. The number of hydrogen-bond acceptors (Lipinski definition) is 3. The van der Waals surface area contributed by atoms with E-state index in [-0.39, 0.29) is 18.6 Å². The lowest BCUT2D eigenvalue weighted by atomic mass is 9.90. The summed E-state index contributed by atoms with van der Waals surface area (Å²) in [6.45, 7) is 1.78. The van der Waals surface area contributed by atoms with Crippen molar-refractivity contribution in [3.63, 3.8) is 0 Å². The number of benzene rings is 2. The van der Waals surface area contributed by atoms with Crippen molar-refractivity contribution in [1.82, 2.24) is 4.90 Å². The molecule has 1 fully saturated rings. The van der Waals surface area contributed by atoms with Gasteiger partial charge in [0, 0.05) is 32.5 Å².